The molecule has 3 aromatic heterocycles. The quantitative estimate of drug-likeness (QED) is 0.169. The van der Waals surface area contributed by atoms with Crippen LogP contribution in [0.15, 0.2) is 78.1 Å². The molecular formula is C29H18F4N6O4S. The van der Waals surface area contributed by atoms with Gasteiger partial charge >= 0.3 is 6.03 Å². The van der Waals surface area contributed by atoms with Gasteiger partial charge in [-0.15, -0.1) is 0 Å². The molecule has 3 aromatic carbocycles. The van der Waals surface area contributed by atoms with E-state index in [0.29, 0.717) is 52.4 Å². The summed E-state index contributed by atoms with van der Waals surface area (Å²) in [5.41, 5.74) is -0.175. The number of ketones is 1. The fourth-order valence-electron chi connectivity index (χ4n) is 4.69. The Morgan fingerprint density at radius 2 is 1.68 bits per heavy atom. The van der Waals surface area contributed by atoms with Crippen molar-refractivity contribution in [1.29, 1.82) is 0 Å². The van der Waals surface area contributed by atoms with E-state index in [1.807, 2.05) is 0 Å². The number of halogens is 4. The van der Waals surface area contributed by atoms with Crippen molar-refractivity contribution in [2.24, 2.45) is 0 Å². The van der Waals surface area contributed by atoms with E-state index in [-0.39, 0.29) is 16.6 Å². The molecule has 222 valence electrons. The molecule has 3 N–H and O–H groups in total. The number of hydrogen-bond acceptors (Lipinski definition) is 6. The van der Waals surface area contributed by atoms with Crippen LogP contribution in [0, 0.1) is 23.3 Å². The number of anilines is 1. The molecule has 0 bridgehead atoms. The third-order valence-corrected chi connectivity index (χ3v) is 8.21. The van der Waals surface area contributed by atoms with Crippen molar-refractivity contribution < 1.29 is 35.6 Å². The average Bonchev–Trinajstić information content (AvgIpc) is 3.63. The standard InChI is InChI=1S/C29H18F4N6O4S/c1-34-29(41)39-23-7-2-14(8-16(23)12-37-39)15-9-18-19(13-36-28(18)35-11-15)27(40)25-21(32)5-6-22(26(25)33)38-44(42,43)24-10-17(30)3-4-20(24)31/h2-13,38H,1H3,(H,34,41)(H,35,36). The number of rotatable bonds is 6. The molecule has 0 spiro atoms. The molecule has 6 aromatic rings. The van der Waals surface area contributed by atoms with Crippen molar-refractivity contribution in [3.8, 4) is 11.1 Å². The highest BCUT2D eigenvalue weighted by Gasteiger charge is 2.28. The Bertz CT molecular complexity index is 2270. The molecule has 0 radical (unpaired) electrons. The predicted molar refractivity (Wildman–Crippen MR) is 152 cm³/mol. The van der Waals surface area contributed by atoms with Crippen molar-refractivity contribution in [1.82, 2.24) is 25.1 Å². The summed E-state index contributed by atoms with van der Waals surface area (Å²) in [6.07, 6.45) is 4.22. The first-order chi connectivity index (χ1) is 21.0. The number of sulfonamides is 1. The first-order valence-electron chi connectivity index (χ1n) is 12.7. The second-order valence-electron chi connectivity index (χ2n) is 9.50. The maximum Gasteiger partial charge on any atom is 0.342 e. The fourth-order valence-corrected chi connectivity index (χ4v) is 5.84. The number of nitrogens with zero attached hydrogens (tertiary/aromatic N) is 3. The lowest BCUT2D eigenvalue weighted by atomic mass is 9.99. The third-order valence-electron chi connectivity index (χ3n) is 6.83. The van der Waals surface area contributed by atoms with E-state index in [4.69, 9.17) is 0 Å². The van der Waals surface area contributed by atoms with E-state index < -0.39 is 61.3 Å². The molecule has 0 saturated heterocycles. The number of fused-ring (bicyclic) bond motifs is 2. The van der Waals surface area contributed by atoms with Gasteiger partial charge in [0.2, 0.25) is 5.78 Å². The first kappa shape index (κ1) is 28.5. The van der Waals surface area contributed by atoms with Crippen molar-refractivity contribution >= 4 is 49.5 Å². The molecular weight excluding hydrogens is 604 g/mol. The lowest BCUT2D eigenvalue weighted by Crippen LogP contribution is -2.25. The summed E-state index contributed by atoms with van der Waals surface area (Å²) in [7, 11) is -3.40. The van der Waals surface area contributed by atoms with Gasteiger partial charge in [0.1, 0.15) is 28.0 Å². The molecule has 15 heteroatoms. The smallest absolute Gasteiger partial charge is 0.342 e. The van der Waals surface area contributed by atoms with Crippen LogP contribution in [0.4, 0.5) is 28.0 Å². The monoisotopic (exact) mass is 622 g/mol. The van der Waals surface area contributed by atoms with Crippen molar-refractivity contribution in [2.75, 3.05) is 11.8 Å². The van der Waals surface area contributed by atoms with Crippen LogP contribution in [0.3, 0.4) is 0 Å². The number of carbonyl (C=O) groups excluding carboxylic acids is 2. The van der Waals surface area contributed by atoms with Crippen molar-refractivity contribution in [3.05, 3.63) is 108 Å². The molecule has 3 heterocycles. The number of carbonyl (C=O) groups is 2. The van der Waals surface area contributed by atoms with Crippen LogP contribution in [-0.2, 0) is 10.0 Å². The molecule has 44 heavy (non-hydrogen) atoms. The average molecular weight is 623 g/mol. The minimum Gasteiger partial charge on any atom is -0.345 e. The Morgan fingerprint density at radius 3 is 2.45 bits per heavy atom. The predicted octanol–water partition coefficient (Wildman–Crippen LogP) is 5.36. The Kier molecular flexibility index (Phi) is 6.88. The topological polar surface area (TPSA) is 139 Å². The summed E-state index contributed by atoms with van der Waals surface area (Å²) in [4.78, 5) is 31.5. The van der Waals surface area contributed by atoms with Crippen LogP contribution in [0.2, 0.25) is 0 Å². The van der Waals surface area contributed by atoms with Crippen LogP contribution in [0.5, 0.6) is 0 Å². The Morgan fingerprint density at radius 1 is 0.909 bits per heavy atom. The normalized spacial score (nSPS) is 11.7. The number of amides is 1. The number of aromatic nitrogens is 4. The van der Waals surface area contributed by atoms with Gasteiger partial charge in [0.15, 0.2) is 5.82 Å². The van der Waals surface area contributed by atoms with Gasteiger partial charge in [-0.25, -0.2) is 35.8 Å². The van der Waals surface area contributed by atoms with E-state index in [0.717, 1.165) is 0 Å². The number of nitrogens with one attached hydrogen (secondary N) is 3. The second-order valence-corrected chi connectivity index (χ2v) is 11.2. The highest BCUT2D eigenvalue weighted by Crippen LogP contribution is 2.31. The molecule has 0 aliphatic rings. The van der Waals surface area contributed by atoms with Gasteiger partial charge < -0.3 is 10.3 Å². The van der Waals surface area contributed by atoms with Crippen molar-refractivity contribution in [3.63, 3.8) is 0 Å². The van der Waals surface area contributed by atoms with Crippen LogP contribution in [-0.4, -0.2) is 47.0 Å². The minimum atomic E-state index is -4.87. The van der Waals surface area contributed by atoms with E-state index in [1.54, 1.807) is 29.0 Å². The molecule has 0 unspecified atom stereocenters. The summed E-state index contributed by atoms with van der Waals surface area (Å²) in [6, 6.07) is 9.33. The van der Waals surface area contributed by atoms with Gasteiger partial charge in [-0.2, -0.15) is 9.78 Å². The maximum atomic E-state index is 15.6. The zero-order chi connectivity index (χ0) is 31.3. The maximum absolute atomic E-state index is 15.6. The molecule has 0 aliphatic carbocycles. The summed E-state index contributed by atoms with van der Waals surface area (Å²) in [5, 5.41) is 7.41. The van der Waals surface area contributed by atoms with E-state index in [1.165, 1.54) is 30.3 Å². The van der Waals surface area contributed by atoms with Crippen LogP contribution in [0.25, 0.3) is 33.1 Å². The second kappa shape index (κ2) is 10.6. The van der Waals surface area contributed by atoms with Gasteiger partial charge in [-0.05, 0) is 54.1 Å². The Labute approximate surface area is 245 Å². The largest absolute Gasteiger partial charge is 0.345 e. The Balaban J connectivity index is 1.38. The minimum absolute atomic E-state index is 0.170. The number of benzene rings is 3. The van der Waals surface area contributed by atoms with Crippen LogP contribution >= 0.6 is 0 Å². The summed E-state index contributed by atoms with van der Waals surface area (Å²) in [6.45, 7) is 0. The summed E-state index contributed by atoms with van der Waals surface area (Å²) < 4.78 is 86.5. The molecule has 6 rings (SSSR count). The molecule has 0 atom stereocenters. The number of H-pyrrole nitrogens is 1. The van der Waals surface area contributed by atoms with Gasteiger partial charge in [-0.1, -0.05) is 6.07 Å². The van der Waals surface area contributed by atoms with E-state index in [2.05, 4.69) is 20.4 Å². The first-order valence-corrected chi connectivity index (χ1v) is 14.1. The highest BCUT2D eigenvalue weighted by molar-refractivity contribution is 7.92. The molecule has 0 fully saturated rings. The molecule has 10 nitrogen and oxygen atoms in total. The van der Waals surface area contributed by atoms with Gasteiger partial charge in [0, 0.05) is 41.3 Å². The number of pyridine rings is 1. The molecule has 1 amide bonds. The van der Waals surface area contributed by atoms with Crippen LogP contribution in [0.1, 0.15) is 15.9 Å². The van der Waals surface area contributed by atoms with Gasteiger partial charge in [-0.3, -0.25) is 9.52 Å². The lowest BCUT2D eigenvalue weighted by molar-refractivity contribution is 0.103. The fraction of sp³-hybridized carbons (Fsp3) is 0.0345. The van der Waals surface area contributed by atoms with Crippen LogP contribution < -0.4 is 10.0 Å². The van der Waals surface area contributed by atoms with E-state index >= 15 is 4.39 Å². The zero-order valence-electron chi connectivity index (χ0n) is 22.3. The third kappa shape index (κ3) is 4.82. The van der Waals surface area contributed by atoms with Gasteiger partial charge in [0.05, 0.1) is 23.0 Å². The summed E-state index contributed by atoms with van der Waals surface area (Å²) >= 11 is 0. The molecule has 0 aliphatic heterocycles. The summed E-state index contributed by atoms with van der Waals surface area (Å²) in [5.74, 6) is -6.35. The SMILES string of the molecule is CNC(=O)n1ncc2cc(-c3cnc4[nH]cc(C(=O)c5c(F)ccc(NS(=O)(=O)c6cc(F)ccc6F)c5F)c4c3)ccc21. The van der Waals surface area contributed by atoms with E-state index in [9.17, 15) is 31.2 Å². The zero-order valence-corrected chi connectivity index (χ0v) is 23.1. The Hall–Kier alpha value is -5.57. The van der Waals surface area contributed by atoms with Crippen molar-refractivity contribution in [2.45, 2.75) is 4.90 Å². The van der Waals surface area contributed by atoms with Gasteiger partial charge in [0.25, 0.3) is 10.0 Å². The number of hydrogen-bond donors (Lipinski definition) is 3. The lowest BCUT2D eigenvalue weighted by Gasteiger charge is -2.12. The molecule has 0 saturated carbocycles. The highest BCUT2D eigenvalue weighted by atomic mass is 32.2. The number of aromatic amines is 1.